The molecule has 0 aliphatic heterocycles. The van der Waals surface area contributed by atoms with Crippen molar-refractivity contribution in [3.05, 3.63) is 15.3 Å². The first-order valence-corrected chi connectivity index (χ1v) is 1.32. The van der Waals surface area contributed by atoms with Crippen molar-refractivity contribution >= 4 is 7.32 Å². The standard InChI is InChI=1S/BH3O3.NO3.Rb/c2*2-1(3)4;/h2-4H;;/q;-1;+1. The molecule has 7 nitrogen and oxygen atoms in total. The van der Waals surface area contributed by atoms with Gasteiger partial charge in [-0.25, -0.2) is 0 Å². The summed E-state index contributed by atoms with van der Waals surface area (Å²) >= 11 is 0. The molecule has 0 aromatic heterocycles. The second kappa shape index (κ2) is 11.7. The third kappa shape index (κ3) is 479. The smallest absolute Gasteiger partial charge is 0.402 e. The molecule has 0 aromatic carbocycles. The van der Waals surface area contributed by atoms with Crippen LogP contribution in [0.15, 0.2) is 0 Å². The maximum atomic E-state index is 8.25. The molecule has 0 saturated carbocycles. The number of hydrogen-bond donors (Lipinski definition) is 3. The van der Waals surface area contributed by atoms with Crippen LogP contribution in [-0.2, 0) is 0 Å². The van der Waals surface area contributed by atoms with Crippen LogP contribution in [0.1, 0.15) is 0 Å². The summed E-state index contributed by atoms with van der Waals surface area (Å²) in [4.78, 5) is 8.25. The van der Waals surface area contributed by atoms with Crippen LogP contribution in [0.3, 0.4) is 0 Å². The zero-order valence-corrected chi connectivity index (χ0v) is 9.51. The summed E-state index contributed by atoms with van der Waals surface area (Å²) in [7, 11) is -2.17. The monoisotopic (exact) mass is 209 g/mol. The van der Waals surface area contributed by atoms with E-state index in [9.17, 15) is 0 Å². The third-order valence-electron chi connectivity index (χ3n) is 0. The molecule has 0 aromatic rings. The Labute approximate surface area is 99.4 Å². The minimum Gasteiger partial charge on any atom is -0.402 e. The van der Waals surface area contributed by atoms with Gasteiger partial charge in [-0.05, 0) is 0 Å². The normalized spacial score (nSPS) is 5.67. The molecular weight excluding hydrogens is 206 g/mol. The van der Waals surface area contributed by atoms with Crippen molar-refractivity contribution in [2.45, 2.75) is 0 Å². The maximum absolute atomic E-state index is 8.25. The molecule has 0 rings (SSSR count). The Kier molecular flexibility index (Phi) is 21.5. The van der Waals surface area contributed by atoms with Gasteiger partial charge >= 0.3 is 65.5 Å². The van der Waals surface area contributed by atoms with E-state index in [1.165, 1.54) is 0 Å². The Morgan fingerprint density at radius 1 is 1.22 bits per heavy atom. The van der Waals surface area contributed by atoms with Crippen molar-refractivity contribution in [3.63, 3.8) is 0 Å². The van der Waals surface area contributed by atoms with Gasteiger partial charge in [-0.2, -0.15) is 0 Å². The summed E-state index contributed by atoms with van der Waals surface area (Å²) in [5.74, 6) is 0. The van der Waals surface area contributed by atoms with Crippen LogP contribution >= 0.6 is 0 Å². The van der Waals surface area contributed by atoms with E-state index >= 15 is 0 Å². The number of rotatable bonds is 0. The molecule has 3 N–H and O–H groups in total. The topological polar surface area (TPSA) is 127 Å². The predicted molar refractivity (Wildman–Crippen MR) is 22.8 cm³/mol. The summed E-state index contributed by atoms with van der Waals surface area (Å²) < 4.78 is 0. The van der Waals surface area contributed by atoms with Crippen molar-refractivity contribution in [1.82, 2.24) is 0 Å². The van der Waals surface area contributed by atoms with Gasteiger partial charge in [-0.3, -0.25) is 0 Å². The minimum atomic E-state index is -2.17. The second-order valence-corrected chi connectivity index (χ2v) is 0.570. The molecule has 0 aliphatic carbocycles. The van der Waals surface area contributed by atoms with Crippen molar-refractivity contribution in [2.75, 3.05) is 0 Å². The maximum Gasteiger partial charge on any atom is 1.00 e. The Morgan fingerprint density at radius 2 is 1.22 bits per heavy atom. The number of hydrogen-bond acceptors (Lipinski definition) is 6. The first-order chi connectivity index (χ1) is 3.46. The molecule has 0 fully saturated rings. The van der Waals surface area contributed by atoms with Crippen LogP contribution in [0, 0.1) is 15.3 Å². The quantitative estimate of drug-likeness (QED) is 0.208. The van der Waals surface area contributed by atoms with Gasteiger partial charge in [-0.1, -0.05) is 0 Å². The third-order valence-corrected chi connectivity index (χ3v) is 0. The van der Waals surface area contributed by atoms with Crippen LogP contribution in [-0.4, -0.2) is 27.5 Å². The van der Waals surface area contributed by atoms with Crippen molar-refractivity contribution < 1.29 is 78.3 Å². The van der Waals surface area contributed by atoms with Crippen LogP contribution in [0.2, 0.25) is 0 Å². The van der Waals surface area contributed by atoms with Gasteiger partial charge in [0, 0.05) is 0 Å². The average molecular weight is 209 g/mol. The summed E-state index contributed by atoms with van der Waals surface area (Å²) in [6, 6.07) is 0. The molecule has 0 unspecified atom stereocenters. The van der Waals surface area contributed by atoms with Gasteiger partial charge in [0.15, 0.2) is 0 Å². The fourth-order valence-corrected chi connectivity index (χ4v) is 0. The summed E-state index contributed by atoms with van der Waals surface area (Å²) in [5.41, 5.74) is 0. The van der Waals surface area contributed by atoms with E-state index in [1.54, 1.807) is 0 Å². The van der Waals surface area contributed by atoms with Gasteiger partial charge in [0.25, 0.3) is 0 Å². The van der Waals surface area contributed by atoms with E-state index in [2.05, 4.69) is 0 Å². The van der Waals surface area contributed by atoms with Gasteiger partial charge < -0.3 is 30.4 Å². The predicted octanol–water partition coefficient (Wildman–Crippen LogP) is -5.29. The molecule has 48 valence electrons. The van der Waals surface area contributed by atoms with Gasteiger partial charge in [-0.15, -0.1) is 0 Å². The molecule has 0 heterocycles. The van der Waals surface area contributed by atoms with Crippen LogP contribution in [0.25, 0.3) is 0 Å². The Balaban J connectivity index is -0.0000000720. The molecule has 0 aliphatic rings. The average Bonchev–Trinajstić information content (AvgIpc) is 1.25. The molecule has 0 bridgehead atoms. The van der Waals surface area contributed by atoms with Crippen LogP contribution in [0.4, 0.5) is 0 Å². The van der Waals surface area contributed by atoms with Crippen molar-refractivity contribution in [3.8, 4) is 0 Å². The fourth-order valence-electron chi connectivity index (χ4n) is 0. The SMILES string of the molecule is O=[N+]([O-])[O-].OB(O)O.[Rb+]. The molecule has 0 radical (unpaired) electrons. The zero-order valence-electron chi connectivity index (χ0n) is 4.59. The van der Waals surface area contributed by atoms with E-state index in [-0.39, 0.29) is 58.2 Å². The molecule has 9 heteroatoms. The van der Waals surface area contributed by atoms with Crippen LogP contribution in [0.5, 0.6) is 0 Å². The number of nitrogens with zero attached hydrogens (tertiary/aromatic N) is 1. The van der Waals surface area contributed by atoms with E-state index in [1.807, 2.05) is 0 Å². The summed E-state index contributed by atoms with van der Waals surface area (Å²) in [6.07, 6.45) is 0. The Morgan fingerprint density at radius 3 is 1.22 bits per heavy atom. The molecule has 0 amide bonds. The molecule has 0 atom stereocenters. The fraction of sp³-hybridized carbons (Fsp3) is 0. The molecule has 0 spiro atoms. The van der Waals surface area contributed by atoms with Crippen molar-refractivity contribution in [2.24, 2.45) is 0 Å². The first-order valence-electron chi connectivity index (χ1n) is 1.32. The Hall–Kier alpha value is 0.950. The summed E-state index contributed by atoms with van der Waals surface area (Å²) in [5, 5.41) is 36.2. The zero-order chi connectivity index (χ0) is 7.15. The molecule has 0 saturated heterocycles. The van der Waals surface area contributed by atoms with Crippen molar-refractivity contribution in [1.29, 1.82) is 0 Å². The first kappa shape index (κ1) is 16.5. The minimum absolute atomic E-state index is 0. The van der Waals surface area contributed by atoms with E-state index in [0.717, 1.165) is 0 Å². The largest absolute Gasteiger partial charge is 1.00 e. The Bertz CT molecular complexity index is 57.3. The van der Waals surface area contributed by atoms with E-state index < -0.39 is 12.4 Å². The van der Waals surface area contributed by atoms with Crippen LogP contribution < -0.4 is 58.2 Å². The van der Waals surface area contributed by atoms with Gasteiger partial charge in [0.2, 0.25) is 0 Å². The molecular formula is H3BNO6Rb. The van der Waals surface area contributed by atoms with E-state index in [4.69, 9.17) is 30.4 Å². The van der Waals surface area contributed by atoms with E-state index in [0.29, 0.717) is 0 Å². The van der Waals surface area contributed by atoms with Gasteiger partial charge in [0.1, 0.15) is 0 Å². The second-order valence-electron chi connectivity index (χ2n) is 0.570. The molecule has 9 heavy (non-hydrogen) atoms. The summed E-state index contributed by atoms with van der Waals surface area (Å²) in [6.45, 7) is 0. The van der Waals surface area contributed by atoms with Gasteiger partial charge in [0.05, 0.1) is 5.09 Å².